The molecule has 7 heteroatoms. The van der Waals surface area contributed by atoms with E-state index in [4.69, 9.17) is 4.52 Å². The van der Waals surface area contributed by atoms with Gasteiger partial charge in [0.05, 0.1) is 0 Å². The van der Waals surface area contributed by atoms with E-state index in [1.54, 1.807) is 41.7 Å². The zero-order valence-electron chi connectivity index (χ0n) is 12.2. The largest absolute Gasteiger partial charge is 0.337 e. The minimum atomic E-state index is -0.192. The van der Waals surface area contributed by atoms with Crippen molar-refractivity contribution in [3.05, 3.63) is 60.5 Å². The highest BCUT2D eigenvalue weighted by atomic mass is 16.5. The van der Waals surface area contributed by atoms with E-state index in [2.05, 4.69) is 20.1 Å². The fourth-order valence-corrected chi connectivity index (χ4v) is 2.51. The normalized spacial score (nSPS) is 16.9. The lowest BCUT2D eigenvalue weighted by molar-refractivity contribution is 0.0373. The minimum Gasteiger partial charge on any atom is -0.337 e. The SMILES string of the molecule is O=C(c1ccccn1)N1CCC1c1nc(-c2cccnc2)no1. The maximum absolute atomic E-state index is 12.5. The van der Waals surface area contributed by atoms with E-state index in [0.29, 0.717) is 24.0 Å². The molecule has 0 saturated carbocycles. The van der Waals surface area contributed by atoms with Gasteiger partial charge in [-0.1, -0.05) is 11.2 Å². The molecule has 0 radical (unpaired) electrons. The topological polar surface area (TPSA) is 85.0 Å². The van der Waals surface area contributed by atoms with E-state index < -0.39 is 0 Å². The lowest BCUT2D eigenvalue weighted by Gasteiger charge is -2.38. The number of nitrogens with zero attached hydrogens (tertiary/aromatic N) is 5. The molecule has 0 aliphatic carbocycles. The first-order valence-electron chi connectivity index (χ1n) is 7.29. The molecule has 1 aliphatic heterocycles. The Balaban J connectivity index is 1.55. The summed E-state index contributed by atoms with van der Waals surface area (Å²) in [6.45, 7) is 0.657. The van der Waals surface area contributed by atoms with Crippen molar-refractivity contribution in [2.45, 2.75) is 12.5 Å². The molecule has 1 unspecified atom stereocenters. The summed E-state index contributed by atoms with van der Waals surface area (Å²) in [6.07, 6.45) is 5.76. The number of aromatic nitrogens is 4. The van der Waals surface area contributed by atoms with Crippen molar-refractivity contribution in [1.82, 2.24) is 25.0 Å². The van der Waals surface area contributed by atoms with E-state index in [1.807, 2.05) is 12.1 Å². The molecule has 4 rings (SSSR count). The molecule has 1 fully saturated rings. The van der Waals surface area contributed by atoms with Crippen LogP contribution in [0.25, 0.3) is 11.4 Å². The summed E-state index contributed by atoms with van der Waals surface area (Å²) >= 11 is 0. The second kappa shape index (κ2) is 5.60. The van der Waals surface area contributed by atoms with Gasteiger partial charge in [0.25, 0.3) is 5.91 Å². The van der Waals surface area contributed by atoms with Crippen LogP contribution in [0.2, 0.25) is 0 Å². The van der Waals surface area contributed by atoms with Crippen molar-refractivity contribution < 1.29 is 9.32 Å². The van der Waals surface area contributed by atoms with Gasteiger partial charge in [0.1, 0.15) is 11.7 Å². The summed E-state index contributed by atoms with van der Waals surface area (Å²) < 4.78 is 5.34. The van der Waals surface area contributed by atoms with Gasteiger partial charge in [0.2, 0.25) is 11.7 Å². The molecule has 114 valence electrons. The number of amides is 1. The third-order valence-electron chi connectivity index (χ3n) is 3.81. The summed E-state index contributed by atoms with van der Waals surface area (Å²) in [7, 11) is 0. The number of carbonyl (C=O) groups is 1. The molecule has 0 N–H and O–H groups in total. The van der Waals surface area contributed by atoms with Crippen LogP contribution in [0.4, 0.5) is 0 Å². The Bertz CT molecular complexity index is 819. The van der Waals surface area contributed by atoms with Crippen molar-refractivity contribution in [3.8, 4) is 11.4 Å². The number of pyridine rings is 2. The van der Waals surface area contributed by atoms with E-state index >= 15 is 0 Å². The van der Waals surface area contributed by atoms with Gasteiger partial charge >= 0.3 is 0 Å². The number of likely N-dealkylation sites (tertiary alicyclic amines) is 1. The van der Waals surface area contributed by atoms with E-state index in [9.17, 15) is 4.79 Å². The molecule has 1 aliphatic rings. The fourth-order valence-electron chi connectivity index (χ4n) is 2.51. The first-order chi connectivity index (χ1) is 11.3. The van der Waals surface area contributed by atoms with Crippen LogP contribution in [-0.2, 0) is 0 Å². The average molecular weight is 307 g/mol. The highest BCUT2D eigenvalue weighted by molar-refractivity contribution is 5.93. The van der Waals surface area contributed by atoms with Crippen molar-refractivity contribution in [1.29, 1.82) is 0 Å². The summed E-state index contributed by atoms with van der Waals surface area (Å²) in [5.74, 6) is 0.799. The lowest BCUT2D eigenvalue weighted by atomic mass is 10.0. The highest BCUT2D eigenvalue weighted by Crippen LogP contribution is 2.34. The van der Waals surface area contributed by atoms with Crippen molar-refractivity contribution >= 4 is 5.91 Å². The van der Waals surface area contributed by atoms with Gasteiger partial charge in [0.15, 0.2) is 0 Å². The summed E-state index contributed by atoms with van der Waals surface area (Å²) in [6, 6.07) is 8.75. The molecule has 1 saturated heterocycles. The molecule has 7 nitrogen and oxygen atoms in total. The first-order valence-corrected chi connectivity index (χ1v) is 7.29. The van der Waals surface area contributed by atoms with Crippen LogP contribution in [-0.4, -0.2) is 37.5 Å². The fraction of sp³-hybridized carbons (Fsp3) is 0.188. The zero-order valence-corrected chi connectivity index (χ0v) is 12.2. The number of carbonyl (C=O) groups excluding carboxylic acids is 1. The predicted octanol–water partition coefficient (Wildman–Crippen LogP) is 2.11. The van der Waals surface area contributed by atoms with E-state index in [-0.39, 0.29) is 11.9 Å². The smallest absolute Gasteiger partial charge is 0.273 e. The van der Waals surface area contributed by atoms with E-state index in [0.717, 1.165) is 12.0 Å². The monoisotopic (exact) mass is 307 g/mol. The first kappa shape index (κ1) is 13.6. The van der Waals surface area contributed by atoms with Crippen LogP contribution in [0.3, 0.4) is 0 Å². The second-order valence-corrected chi connectivity index (χ2v) is 5.22. The standard InChI is InChI=1S/C16H13N5O2/c22-16(12-5-1-2-8-18-12)21-9-6-13(21)15-19-14(20-23-15)11-4-3-7-17-10-11/h1-5,7-8,10,13H,6,9H2. The average Bonchev–Trinajstić information content (AvgIpc) is 3.05. The third kappa shape index (κ3) is 2.46. The van der Waals surface area contributed by atoms with Gasteiger partial charge in [-0.05, 0) is 30.7 Å². The lowest BCUT2D eigenvalue weighted by Crippen LogP contribution is -2.45. The molecular formula is C16H13N5O2. The molecule has 23 heavy (non-hydrogen) atoms. The Morgan fingerprint density at radius 2 is 2.17 bits per heavy atom. The molecule has 0 bridgehead atoms. The second-order valence-electron chi connectivity index (χ2n) is 5.22. The number of hydrogen-bond acceptors (Lipinski definition) is 6. The van der Waals surface area contributed by atoms with Crippen LogP contribution in [0, 0.1) is 0 Å². The van der Waals surface area contributed by atoms with Crippen molar-refractivity contribution in [2.24, 2.45) is 0 Å². The Morgan fingerprint density at radius 3 is 2.87 bits per heavy atom. The maximum atomic E-state index is 12.5. The van der Waals surface area contributed by atoms with Gasteiger partial charge in [-0.2, -0.15) is 4.98 Å². The van der Waals surface area contributed by atoms with Crippen LogP contribution in [0.15, 0.2) is 53.4 Å². The van der Waals surface area contributed by atoms with Crippen LogP contribution >= 0.6 is 0 Å². The van der Waals surface area contributed by atoms with Gasteiger partial charge in [-0.25, -0.2) is 0 Å². The molecular weight excluding hydrogens is 294 g/mol. The highest BCUT2D eigenvalue weighted by Gasteiger charge is 2.38. The van der Waals surface area contributed by atoms with Gasteiger partial charge in [0, 0.05) is 30.7 Å². The summed E-state index contributed by atoms with van der Waals surface area (Å²) in [5, 5.41) is 3.98. The van der Waals surface area contributed by atoms with Crippen molar-refractivity contribution in [2.75, 3.05) is 6.54 Å². The maximum Gasteiger partial charge on any atom is 0.273 e. The van der Waals surface area contributed by atoms with Gasteiger partial charge < -0.3 is 9.42 Å². The minimum absolute atomic E-state index is 0.122. The van der Waals surface area contributed by atoms with Gasteiger partial charge in [-0.15, -0.1) is 0 Å². The van der Waals surface area contributed by atoms with Crippen molar-refractivity contribution in [3.63, 3.8) is 0 Å². The number of hydrogen-bond donors (Lipinski definition) is 0. The predicted molar refractivity (Wildman–Crippen MR) is 80.2 cm³/mol. The number of rotatable bonds is 3. The Labute approximate surface area is 132 Å². The summed E-state index contributed by atoms with van der Waals surface area (Å²) in [5.41, 5.74) is 1.20. The molecule has 0 aromatic carbocycles. The molecule has 0 spiro atoms. The Morgan fingerprint density at radius 1 is 1.22 bits per heavy atom. The van der Waals surface area contributed by atoms with Crippen LogP contribution < -0.4 is 0 Å². The molecule has 1 amide bonds. The molecule has 1 atom stereocenters. The quantitative estimate of drug-likeness (QED) is 0.736. The third-order valence-corrected chi connectivity index (χ3v) is 3.81. The van der Waals surface area contributed by atoms with E-state index in [1.165, 1.54) is 0 Å². The molecule has 3 aromatic heterocycles. The van der Waals surface area contributed by atoms with Gasteiger partial charge in [-0.3, -0.25) is 14.8 Å². The van der Waals surface area contributed by atoms with Crippen LogP contribution in [0.5, 0.6) is 0 Å². The summed E-state index contributed by atoms with van der Waals surface area (Å²) in [4.78, 5) is 26.7. The van der Waals surface area contributed by atoms with Crippen LogP contribution in [0.1, 0.15) is 28.8 Å². The Kier molecular flexibility index (Phi) is 3.30. The Hall–Kier alpha value is -3.09. The zero-order chi connectivity index (χ0) is 15.6. The molecule has 3 aromatic rings. The molecule has 4 heterocycles.